The van der Waals surface area contributed by atoms with E-state index >= 15 is 0 Å². The largest absolute Gasteiger partial charge is 0.348 e. The van der Waals surface area contributed by atoms with Crippen LogP contribution in [0.2, 0.25) is 0 Å². The minimum atomic E-state index is -3.87. The Bertz CT molecular complexity index is 1220. The lowest BCUT2D eigenvalue weighted by Gasteiger charge is -2.23. The molecule has 0 saturated carbocycles. The van der Waals surface area contributed by atoms with Gasteiger partial charge in [-0.15, -0.1) is 0 Å². The van der Waals surface area contributed by atoms with Crippen molar-refractivity contribution in [3.05, 3.63) is 100 Å². The molecule has 0 saturated heterocycles. The molecule has 0 fully saturated rings. The molecule has 0 radical (unpaired) electrons. The highest BCUT2D eigenvalue weighted by Crippen LogP contribution is 2.22. The van der Waals surface area contributed by atoms with Gasteiger partial charge in [-0.1, -0.05) is 60.2 Å². The Hall–Kier alpha value is -2.96. The summed E-state index contributed by atoms with van der Waals surface area (Å²) < 4.78 is 28.7. The lowest BCUT2D eigenvalue weighted by molar-refractivity contribution is -0.123. The topological polar surface area (TPSA) is 75.3 Å². The van der Waals surface area contributed by atoms with Crippen molar-refractivity contribution in [1.82, 2.24) is 10.0 Å². The summed E-state index contributed by atoms with van der Waals surface area (Å²) in [4.78, 5) is 13.5. The molecule has 0 unspecified atom stereocenters. The summed E-state index contributed by atoms with van der Waals surface area (Å²) in [6, 6.07) is 19.0. The van der Waals surface area contributed by atoms with Gasteiger partial charge in [-0.2, -0.15) is 4.72 Å². The van der Waals surface area contributed by atoms with E-state index in [1.807, 2.05) is 58.0 Å². The quantitative estimate of drug-likeness (QED) is 0.508. The van der Waals surface area contributed by atoms with Gasteiger partial charge in [0.25, 0.3) is 0 Å². The molecule has 0 spiro atoms. The monoisotopic (exact) mass is 464 g/mol. The van der Waals surface area contributed by atoms with Gasteiger partial charge >= 0.3 is 0 Å². The van der Waals surface area contributed by atoms with Gasteiger partial charge in [0.1, 0.15) is 6.04 Å². The maximum Gasteiger partial charge on any atom is 0.241 e. The zero-order chi connectivity index (χ0) is 24.2. The minimum Gasteiger partial charge on any atom is -0.348 e. The van der Waals surface area contributed by atoms with Crippen LogP contribution < -0.4 is 10.0 Å². The molecule has 2 N–H and O–H groups in total. The van der Waals surface area contributed by atoms with Crippen LogP contribution in [0.4, 0.5) is 0 Å². The molecule has 0 bridgehead atoms. The van der Waals surface area contributed by atoms with E-state index < -0.39 is 16.1 Å². The lowest BCUT2D eigenvalue weighted by atomic mass is 9.96. The van der Waals surface area contributed by atoms with E-state index in [-0.39, 0.29) is 23.3 Å². The van der Waals surface area contributed by atoms with Crippen LogP contribution in [0.1, 0.15) is 46.3 Å². The average Bonchev–Trinajstić information content (AvgIpc) is 2.76. The Kier molecular flexibility index (Phi) is 7.72. The van der Waals surface area contributed by atoms with E-state index in [2.05, 4.69) is 29.1 Å². The van der Waals surface area contributed by atoms with E-state index in [0.717, 1.165) is 27.8 Å². The van der Waals surface area contributed by atoms with Crippen LogP contribution in [0, 0.1) is 27.7 Å². The molecule has 0 heterocycles. The zero-order valence-electron chi connectivity index (χ0n) is 19.8. The first kappa shape index (κ1) is 24.7. The smallest absolute Gasteiger partial charge is 0.241 e. The van der Waals surface area contributed by atoms with E-state index in [1.54, 1.807) is 24.3 Å². The molecule has 3 aromatic rings. The van der Waals surface area contributed by atoms with E-state index in [9.17, 15) is 13.2 Å². The van der Waals surface area contributed by atoms with Crippen molar-refractivity contribution in [1.29, 1.82) is 0 Å². The molecule has 6 heteroatoms. The van der Waals surface area contributed by atoms with E-state index in [1.165, 1.54) is 5.56 Å². The first-order chi connectivity index (χ1) is 15.6. The molecule has 0 aromatic heterocycles. The second-order valence-electron chi connectivity index (χ2n) is 8.70. The Morgan fingerprint density at radius 1 is 0.848 bits per heavy atom. The van der Waals surface area contributed by atoms with Crippen LogP contribution in [-0.4, -0.2) is 20.4 Å². The summed E-state index contributed by atoms with van der Waals surface area (Å²) in [5, 5.41) is 3.02. The SMILES string of the molecule is Cc1ccc(S(=O)(=O)N[C@@H](Cc2ccccc2)C(=O)N[C@H](C)c2cc(C)c(C)cc2C)cc1. The highest BCUT2D eigenvalue weighted by Gasteiger charge is 2.27. The van der Waals surface area contributed by atoms with Crippen LogP contribution in [0.15, 0.2) is 71.6 Å². The Labute approximate surface area is 197 Å². The number of carbonyl (C=O) groups is 1. The Balaban J connectivity index is 1.86. The second-order valence-corrected chi connectivity index (χ2v) is 10.4. The second kappa shape index (κ2) is 10.3. The molecule has 3 rings (SSSR count). The number of hydrogen-bond donors (Lipinski definition) is 2. The maximum absolute atomic E-state index is 13.3. The number of benzene rings is 3. The third-order valence-corrected chi connectivity index (χ3v) is 7.42. The number of hydrogen-bond acceptors (Lipinski definition) is 3. The summed E-state index contributed by atoms with van der Waals surface area (Å²) in [6.45, 7) is 9.94. The Morgan fingerprint density at radius 3 is 2.09 bits per heavy atom. The number of amides is 1. The third-order valence-electron chi connectivity index (χ3n) is 5.94. The molecular formula is C27H32N2O3S. The predicted octanol–water partition coefficient (Wildman–Crippen LogP) is 4.69. The molecule has 5 nitrogen and oxygen atoms in total. The molecule has 0 aliphatic rings. The summed E-state index contributed by atoms with van der Waals surface area (Å²) >= 11 is 0. The molecule has 3 aromatic carbocycles. The van der Waals surface area contributed by atoms with Crippen molar-refractivity contribution >= 4 is 15.9 Å². The first-order valence-electron chi connectivity index (χ1n) is 11.1. The number of aryl methyl sites for hydroxylation is 4. The van der Waals surface area contributed by atoms with E-state index in [4.69, 9.17) is 0 Å². The van der Waals surface area contributed by atoms with Crippen molar-refractivity contribution in [3.63, 3.8) is 0 Å². The van der Waals surface area contributed by atoms with E-state index in [0.29, 0.717) is 0 Å². The summed E-state index contributed by atoms with van der Waals surface area (Å²) in [6.07, 6.45) is 0.246. The summed E-state index contributed by atoms with van der Waals surface area (Å²) in [5.41, 5.74) is 6.29. The van der Waals surface area contributed by atoms with Crippen LogP contribution in [0.5, 0.6) is 0 Å². The van der Waals surface area contributed by atoms with Gasteiger partial charge in [-0.25, -0.2) is 8.42 Å². The highest BCUT2D eigenvalue weighted by molar-refractivity contribution is 7.89. The molecule has 33 heavy (non-hydrogen) atoms. The third kappa shape index (κ3) is 6.30. The van der Waals surface area contributed by atoms with Crippen molar-refractivity contribution in [2.24, 2.45) is 0 Å². The zero-order valence-corrected chi connectivity index (χ0v) is 20.7. The van der Waals surface area contributed by atoms with Crippen molar-refractivity contribution in [2.75, 3.05) is 0 Å². The molecule has 0 aliphatic carbocycles. The van der Waals surface area contributed by atoms with Gasteiger partial charge < -0.3 is 5.32 Å². The van der Waals surface area contributed by atoms with Gasteiger partial charge in [0.15, 0.2) is 0 Å². The van der Waals surface area contributed by atoms with Crippen molar-refractivity contribution < 1.29 is 13.2 Å². The van der Waals surface area contributed by atoms with Crippen LogP contribution in [0.25, 0.3) is 0 Å². The molecule has 2 atom stereocenters. The Morgan fingerprint density at radius 2 is 1.45 bits per heavy atom. The van der Waals surface area contributed by atoms with Gasteiger partial charge in [-0.3, -0.25) is 4.79 Å². The van der Waals surface area contributed by atoms with Crippen molar-refractivity contribution in [3.8, 4) is 0 Å². The standard InChI is InChI=1S/C27H32N2O3S/c1-18-11-13-24(14-12-18)33(31,32)29-26(17-23-9-7-6-8-10-23)27(30)28-22(5)25-16-20(3)19(2)15-21(25)4/h6-16,22,26,29H,17H2,1-5H3,(H,28,30)/t22-,26+/m1/s1. The number of carbonyl (C=O) groups excluding carboxylic acids is 1. The number of rotatable bonds is 8. The predicted molar refractivity (Wildman–Crippen MR) is 133 cm³/mol. The van der Waals surface area contributed by atoms with Crippen LogP contribution >= 0.6 is 0 Å². The number of sulfonamides is 1. The molecule has 174 valence electrons. The van der Waals surface area contributed by atoms with Crippen LogP contribution in [0.3, 0.4) is 0 Å². The van der Waals surface area contributed by atoms with Gasteiger partial charge in [0.2, 0.25) is 15.9 Å². The fourth-order valence-electron chi connectivity index (χ4n) is 3.85. The average molecular weight is 465 g/mol. The fraction of sp³-hybridized carbons (Fsp3) is 0.296. The van der Waals surface area contributed by atoms with Gasteiger partial charge in [-0.05, 0) is 81.0 Å². The molecule has 0 aliphatic heterocycles. The number of nitrogens with one attached hydrogen (secondary N) is 2. The normalized spacial score (nSPS) is 13.4. The minimum absolute atomic E-state index is 0.136. The maximum atomic E-state index is 13.3. The highest BCUT2D eigenvalue weighted by atomic mass is 32.2. The lowest BCUT2D eigenvalue weighted by Crippen LogP contribution is -2.48. The molecule has 1 amide bonds. The van der Waals surface area contributed by atoms with Crippen LogP contribution in [-0.2, 0) is 21.2 Å². The van der Waals surface area contributed by atoms with Gasteiger partial charge in [0, 0.05) is 0 Å². The first-order valence-corrected chi connectivity index (χ1v) is 12.6. The van der Waals surface area contributed by atoms with Crippen molar-refractivity contribution in [2.45, 2.75) is 58.0 Å². The fourth-order valence-corrected chi connectivity index (χ4v) is 5.05. The van der Waals surface area contributed by atoms with Gasteiger partial charge in [0.05, 0.1) is 10.9 Å². The summed E-state index contributed by atoms with van der Waals surface area (Å²) in [5.74, 6) is -0.361. The summed E-state index contributed by atoms with van der Waals surface area (Å²) in [7, 11) is -3.87. The molecular weight excluding hydrogens is 432 g/mol.